The van der Waals surface area contributed by atoms with Crippen LogP contribution in [-0.4, -0.2) is 20.2 Å². The minimum atomic E-state index is -3.70. The lowest BCUT2D eigenvalue weighted by Gasteiger charge is -2.20. The summed E-state index contributed by atoms with van der Waals surface area (Å²) in [4.78, 5) is 12.5. The summed E-state index contributed by atoms with van der Waals surface area (Å²) < 4.78 is 28.4. The highest BCUT2D eigenvalue weighted by atomic mass is 32.2. The van der Waals surface area contributed by atoms with Crippen molar-refractivity contribution in [2.45, 2.75) is 38.0 Å². The molecule has 2 N–H and O–H groups in total. The molecule has 27 heavy (non-hydrogen) atoms. The fourth-order valence-electron chi connectivity index (χ4n) is 3.06. The molecule has 1 heterocycles. The van der Waals surface area contributed by atoms with Crippen molar-refractivity contribution in [1.29, 1.82) is 0 Å². The molecule has 2 aromatic carbocycles. The van der Waals surface area contributed by atoms with Crippen molar-refractivity contribution in [1.82, 2.24) is 0 Å². The summed E-state index contributed by atoms with van der Waals surface area (Å²) in [5.41, 5.74) is 2.46. The van der Waals surface area contributed by atoms with Crippen LogP contribution in [0.1, 0.15) is 32.3 Å². The molecule has 0 radical (unpaired) electrons. The Labute approximate surface area is 159 Å². The lowest BCUT2D eigenvalue weighted by atomic mass is 10.0. The van der Waals surface area contributed by atoms with Gasteiger partial charge in [0.05, 0.1) is 5.69 Å². The molecule has 6 nitrogen and oxygen atoms in total. The number of nitrogens with zero attached hydrogens (tertiary/aromatic N) is 1. The Morgan fingerprint density at radius 2 is 1.96 bits per heavy atom. The summed E-state index contributed by atoms with van der Waals surface area (Å²) in [5, 5.41) is 5.96. The Hall–Kier alpha value is -2.67. The average molecular weight is 385 g/mol. The third kappa shape index (κ3) is 4.74. The minimum absolute atomic E-state index is 0.0638. The Bertz CT molecular complexity index is 983. The number of carbonyl (C=O) groups is 1. The summed E-state index contributed by atoms with van der Waals surface area (Å²) in [5.74, 6) is 0.198. The van der Waals surface area contributed by atoms with E-state index in [-0.39, 0.29) is 23.1 Å². The highest BCUT2D eigenvalue weighted by molar-refractivity contribution is 7.90. The van der Waals surface area contributed by atoms with Crippen molar-refractivity contribution >= 4 is 33.1 Å². The number of amides is 1. The zero-order valence-corrected chi connectivity index (χ0v) is 16.2. The molecule has 142 valence electrons. The van der Waals surface area contributed by atoms with Crippen LogP contribution >= 0.6 is 0 Å². The maximum atomic E-state index is 12.3. The van der Waals surface area contributed by atoms with Crippen molar-refractivity contribution < 1.29 is 13.2 Å². The van der Waals surface area contributed by atoms with Crippen LogP contribution in [0.25, 0.3) is 0 Å². The van der Waals surface area contributed by atoms with Gasteiger partial charge in [-0.1, -0.05) is 38.1 Å². The number of para-hydroxylation sites is 1. The second kappa shape index (κ2) is 7.92. The van der Waals surface area contributed by atoms with E-state index < -0.39 is 10.0 Å². The summed E-state index contributed by atoms with van der Waals surface area (Å²) in [6, 6.07) is 14.4. The van der Waals surface area contributed by atoms with Crippen LogP contribution in [0.4, 0.5) is 11.4 Å². The SMILES string of the molecule is CCc1cccc(NC(=O)CC(C)CC2=NS(=O)(=O)c3ccccc3N2)c1. The van der Waals surface area contributed by atoms with E-state index in [1.807, 2.05) is 31.2 Å². The van der Waals surface area contributed by atoms with Crippen molar-refractivity contribution in [3.63, 3.8) is 0 Å². The number of hydrogen-bond donors (Lipinski definition) is 2. The largest absolute Gasteiger partial charge is 0.342 e. The van der Waals surface area contributed by atoms with Gasteiger partial charge in [0.15, 0.2) is 0 Å². The molecule has 1 unspecified atom stereocenters. The molecule has 3 rings (SSSR count). The smallest absolute Gasteiger partial charge is 0.286 e. The lowest BCUT2D eigenvalue weighted by Crippen LogP contribution is -2.25. The predicted octanol–water partition coefficient (Wildman–Crippen LogP) is 3.82. The van der Waals surface area contributed by atoms with E-state index >= 15 is 0 Å². The van der Waals surface area contributed by atoms with Crippen LogP contribution in [-0.2, 0) is 21.2 Å². The number of aryl methyl sites for hydroxylation is 1. The number of anilines is 2. The van der Waals surface area contributed by atoms with Crippen molar-refractivity contribution in [3.8, 4) is 0 Å². The number of amidine groups is 1. The molecular weight excluding hydrogens is 362 g/mol. The van der Waals surface area contributed by atoms with Gasteiger partial charge in [-0.15, -0.1) is 4.40 Å². The topological polar surface area (TPSA) is 87.6 Å². The maximum Gasteiger partial charge on any atom is 0.286 e. The van der Waals surface area contributed by atoms with Gasteiger partial charge in [-0.05, 0) is 42.2 Å². The first-order valence-electron chi connectivity index (χ1n) is 8.96. The van der Waals surface area contributed by atoms with Crippen LogP contribution in [0.15, 0.2) is 57.8 Å². The van der Waals surface area contributed by atoms with Crippen LogP contribution in [0.5, 0.6) is 0 Å². The lowest BCUT2D eigenvalue weighted by molar-refractivity contribution is -0.116. The standard InChI is InChI=1S/C20H23N3O3S/c1-3-15-7-6-8-16(13-15)21-20(24)12-14(2)11-19-22-17-9-4-5-10-18(17)27(25,26)23-19/h4-10,13-14H,3,11-12H2,1-2H3,(H,21,24)(H,22,23). The van der Waals surface area contributed by atoms with Gasteiger partial charge < -0.3 is 10.6 Å². The molecule has 0 saturated carbocycles. The van der Waals surface area contributed by atoms with Crippen molar-refractivity contribution in [2.24, 2.45) is 10.3 Å². The van der Waals surface area contributed by atoms with E-state index in [4.69, 9.17) is 0 Å². The molecule has 0 saturated heterocycles. The normalized spacial score (nSPS) is 15.9. The number of carbonyl (C=O) groups excluding carboxylic acids is 1. The van der Waals surface area contributed by atoms with Gasteiger partial charge in [-0.2, -0.15) is 8.42 Å². The quantitative estimate of drug-likeness (QED) is 0.791. The molecule has 0 bridgehead atoms. The molecule has 2 aromatic rings. The first kappa shape index (κ1) is 19.1. The van der Waals surface area contributed by atoms with E-state index in [0.29, 0.717) is 17.9 Å². The van der Waals surface area contributed by atoms with Gasteiger partial charge in [-0.3, -0.25) is 4.79 Å². The Balaban J connectivity index is 1.61. The van der Waals surface area contributed by atoms with E-state index in [2.05, 4.69) is 22.0 Å². The minimum Gasteiger partial charge on any atom is -0.342 e. The monoisotopic (exact) mass is 385 g/mol. The number of fused-ring (bicyclic) bond motifs is 1. The van der Waals surface area contributed by atoms with Crippen molar-refractivity contribution in [3.05, 3.63) is 54.1 Å². The summed E-state index contributed by atoms with van der Waals surface area (Å²) >= 11 is 0. The molecule has 0 spiro atoms. The highest BCUT2D eigenvalue weighted by Crippen LogP contribution is 2.28. The molecule has 0 aromatic heterocycles. The highest BCUT2D eigenvalue weighted by Gasteiger charge is 2.25. The first-order valence-corrected chi connectivity index (χ1v) is 10.4. The molecular formula is C20H23N3O3S. The van der Waals surface area contributed by atoms with E-state index in [1.54, 1.807) is 18.2 Å². The molecule has 1 aliphatic heterocycles. The van der Waals surface area contributed by atoms with Gasteiger partial charge >= 0.3 is 0 Å². The Kier molecular flexibility index (Phi) is 5.60. The molecule has 1 aliphatic rings. The summed E-state index contributed by atoms with van der Waals surface area (Å²) in [7, 11) is -3.70. The number of sulfonamides is 1. The van der Waals surface area contributed by atoms with Gasteiger partial charge in [0.2, 0.25) is 5.91 Å². The molecule has 0 fully saturated rings. The zero-order valence-electron chi connectivity index (χ0n) is 15.4. The Morgan fingerprint density at radius 1 is 1.19 bits per heavy atom. The molecule has 1 atom stereocenters. The molecule has 0 aliphatic carbocycles. The molecule has 1 amide bonds. The van der Waals surface area contributed by atoms with Crippen LogP contribution in [0.2, 0.25) is 0 Å². The van der Waals surface area contributed by atoms with Crippen LogP contribution in [0.3, 0.4) is 0 Å². The second-order valence-corrected chi connectivity index (χ2v) is 8.32. The number of benzene rings is 2. The van der Waals surface area contributed by atoms with Gasteiger partial charge in [0, 0.05) is 18.5 Å². The van der Waals surface area contributed by atoms with E-state index in [9.17, 15) is 13.2 Å². The number of nitrogens with one attached hydrogen (secondary N) is 2. The summed E-state index contributed by atoms with van der Waals surface area (Å²) in [6.45, 7) is 3.96. The fourth-order valence-corrected chi connectivity index (χ4v) is 4.21. The third-order valence-electron chi connectivity index (χ3n) is 4.37. The van der Waals surface area contributed by atoms with Gasteiger partial charge in [0.1, 0.15) is 10.7 Å². The Morgan fingerprint density at radius 3 is 2.74 bits per heavy atom. The first-order chi connectivity index (χ1) is 12.9. The van der Waals surface area contributed by atoms with E-state index in [1.165, 1.54) is 6.07 Å². The zero-order chi connectivity index (χ0) is 19.4. The number of rotatable bonds is 6. The van der Waals surface area contributed by atoms with Crippen LogP contribution < -0.4 is 10.6 Å². The van der Waals surface area contributed by atoms with E-state index in [0.717, 1.165) is 17.7 Å². The predicted molar refractivity (Wildman–Crippen MR) is 108 cm³/mol. The fraction of sp³-hybridized carbons (Fsp3) is 0.300. The summed E-state index contributed by atoms with van der Waals surface area (Å²) in [6.07, 6.45) is 1.55. The number of hydrogen-bond acceptors (Lipinski definition) is 4. The van der Waals surface area contributed by atoms with Gasteiger partial charge in [-0.25, -0.2) is 0 Å². The maximum absolute atomic E-state index is 12.3. The van der Waals surface area contributed by atoms with Crippen molar-refractivity contribution in [2.75, 3.05) is 10.6 Å². The average Bonchev–Trinajstić information content (AvgIpc) is 2.61. The van der Waals surface area contributed by atoms with Crippen LogP contribution in [0, 0.1) is 5.92 Å². The van der Waals surface area contributed by atoms with Gasteiger partial charge in [0.25, 0.3) is 10.0 Å². The third-order valence-corrected chi connectivity index (χ3v) is 5.74. The molecule has 7 heteroatoms. The second-order valence-electron chi connectivity index (χ2n) is 6.75.